The highest BCUT2D eigenvalue weighted by Gasteiger charge is 2.37. The topological polar surface area (TPSA) is 63.6 Å². The van der Waals surface area contributed by atoms with E-state index in [1.165, 1.54) is 51.4 Å². The van der Waals surface area contributed by atoms with Gasteiger partial charge in [0, 0.05) is 0 Å². The zero-order valence-corrected chi connectivity index (χ0v) is 19.3. The minimum atomic E-state index is -0.841. The summed E-state index contributed by atoms with van der Waals surface area (Å²) >= 11 is 0. The fraction of sp³-hybridized carbons (Fsp3) is 0.920. The lowest BCUT2D eigenvalue weighted by molar-refractivity contribution is -0.164. The SMILES string of the molecule is CCCCCCCCCC(CCCCC(C)C)OC(=O)C1CCCCC1C(=O)O. The minimum Gasteiger partial charge on any atom is -0.481 e. The molecule has 0 radical (unpaired) electrons. The Morgan fingerprint density at radius 2 is 1.34 bits per heavy atom. The molecule has 0 aromatic carbocycles. The second kappa shape index (κ2) is 15.7. The first kappa shape index (κ1) is 26.0. The van der Waals surface area contributed by atoms with Crippen molar-refractivity contribution in [1.82, 2.24) is 0 Å². The molecule has 1 rings (SSSR count). The zero-order valence-electron chi connectivity index (χ0n) is 19.3. The number of hydrogen-bond acceptors (Lipinski definition) is 3. The fourth-order valence-corrected chi connectivity index (χ4v) is 4.48. The van der Waals surface area contributed by atoms with E-state index in [9.17, 15) is 14.7 Å². The van der Waals surface area contributed by atoms with E-state index >= 15 is 0 Å². The Labute approximate surface area is 179 Å². The highest BCUT2D eigenvalue weighted by Crippen LogP contribution is 2.32. The first-order valence-corrected chi connectivity index (χ1v) is 12.4. The maximum Gasteiger partial charge on any atom is 0.310 e. The van der Waals surface area contributed by atoms with E-state index in [-0.39, 0.29) is 12.1 Å². The molecule has 0 saturated heterocycles. The monoisotopic (exact) mass is 410 g/mol. The number of carbonyl (C=O) groups excluding carboxylic acids is 1. The Bertz CT molecular complexity index is 446. The summed E-state index contributed by atoms with van der Waals surface area (Å²) in [4.78, 5) is 24.3. The van der Waals surface area contributed by atoms with Crippen LogP contribution in [0.2, 0.25) is 0 Å². The normalized spacial score (nSPS) is 20.6. The van der Waals surface area contributed by atoms with E-state index in [1.54, 1.807) is 0 Å². The number of carbonyl (C=O) groups is 2. The summed E-state index contributed by atoms with van der Waals surface area (Å²) in [5.41, 5.74) is 0. The molecule has 1 N–H and O–H groups in total. The molecule has 170 valence electrons. The lowest BCUT2D eigenvalue weighted by Crippen LogP contribution is -2.35. The van der Waals surface area contributed by atoms with Gasteiger partial charge in [-0.25, -0.2) is 0 Å². The van der Waals surface area contributed by atoms with Crippen molar-refractivity contribution in [3.63, 3.8) is 0 Å². The predicted molar refractivity (Wildman–Crippen MR) is 119 cm³/mol. The van der Waals surface area contributed by atoms with Crippen LogP contribution in [-0.4, -0.2) is 23.1 Å². The van der Waals surface area contributed by atoms with E-state index < -0.39 is 17.8 Å². The average Bonchev–Trinajstić information content (AvgIpc) is 2.69. The molecule has 0 aliphatic heterocycles. The van der Waals surface area contributed by atoms with Crippen LogP contribution in [0.3, 0.4) is 0 Å². The van der Waals surface area contributed by atoms with Crippen LogP contribution in [0.15, 0.2) is 0 Å². The van der Waals surface area contributed by atoms with Gasteiger partial charge in [-0.3, -0.25) is 9.59 Å². The summed E-state index contributed by atoms with van der Waals surface area (Å²) in [7, 11) is 0. The number of aliphatic carboxylic acids is 1. The highest BCUT2D eigenvalue weighted by molar-refractivity contribution is 5.81. The van der Waals surface area contributed by atoms with E-state index in [0.29, 0.717) is 18.8 Å². The van der Waals surface area contributed by atoms with Crippen LogP contribution in [0.4, 0.5) is 0 Å². The first-order valence-electron chi connectivity index (χ1n) is 12.4. The smallest absolute Gasteiger partial charge is 0.310 e. The molecule has 0 aromatic heterocycles. The number of carboxylic acid groups (broad SMARTS) is 1. The van der Waals surface area contributed by atoms with Gasteiger partial charge in [0.25, 0.3) is 0 Å². The van der Waals surface area contributed by atoms with Gasteiger partial charge in [-0.15, -0.1) is 0 Å². The van der Waals surface area contributed by atoms with Gasteiger partial charge in [0.05, 0.1) is 11.8 Å². The molecule has 1 aliphatic rings. The second-order valence-corrected chi connectivity index (χ2v) is 9.48. The van der Waals surface area contributed by atoms with Crippen molar-refractivity contribution >= 4 is 11.9 Å². The van der Waals surface area contributed by atoms with Gasteiger partial charge >= 0.3 is 11.9 Å². The van der Waals surface area contributed by atoms with Crippen molar-refractivity contribution in [2.24, 2.45) is 17.8 Å². The zero-order chi connectivity index (χ0) is 21.5. The van der Waals surface area contributed by atoms with Gasteiger partial charge in [-0.05, 0) is 44.4 Å². The molecule has 1 aliphatic carbocycles. The Kier molecular flexibility index (Phi) is 14.1. The average molecular weight is 411 g/mol. The number of ether oxygens (including phenoxy) is 1. The van der Waals surface area contributed by atoms with Crippen LogP contribution < -0.4 is 0 Å². The third-order valence-electron chi connectivity index (χ3n) is 6.36. The molecule has 0 heterocycles. The van der Waals surface area contributed by atoms with Gasteiger partial charge in [-0.2, -0.15) is 0 Å². The first-order chi connectivity index (χ1) is 14.0. The quantitative estimate of drug-likeness (QED) is 0.217. The van der Waals surface area contributed by atoms with E-state index in [2.05, 4.69) is 20.8 Å². The molecule has 0 aromatic rings. The number of esters is 1. The molecule has 1 saturated carbocycles. The molecule has 1 fully saturated rings. The largest absolute Gasteiger partial charge is 0.481 e. The van der Waals surface area contributed by atoms with E-state index in [1.807, 2.05) is 0 Å². The summed E-state index contributed by atoms with van der Waals surface area (Å²) < 4.78 is 5.92. The molecule has 3 atom stereocenters. The molecule has 29 heavy (non-hydrogen) atoms. The van der Waals surface area contributed by atoms with Crippen molar-refractivity contribution in [2.45, 2.75) is 130 Å². The molecular formula is C25H46O4. The number of unbranched alkanes of at least 4 members (excludes halogenated alkanes) is 7. The lowest BCUT2D eigenvalue weighted by Gasteiger charge is -2.29. The van der Waals surface area contributed by atoms with Gasteiger partial charge in [0.2, 0.25) is 0 Å². The van der Waals surface area contributed by atoms with Crippen molar-refractivity contribution in [2.75, 3.05) is 0 Å². The Balaban J connectivity index is 2.48. The Morgan fingerprint density at radius 1 is 0.828 bits per heavy atom. The summed E-state index contributed by atoms with van der Waals surface area (Å²) in [6.45, 7) is 6.72. The second-order valence-electron chi connectivity index (χ2n) is 9.48. The summed E-state index contributed by atoms with van der Waals surface area (Å²) in [6.07, 6.45) is 17.1. The van der Waals surface area contributed by atoms with Crippen molar-refractivity contribution in [1.29, 1.82) is 0 Å². The minimum absolute atomic E-state index is 0.0401. The lowest BCUT2D eigenvalue weighted by atomic mass is 9.79. The molecule has 4 heteroatoms. The maximum absolute atomic E-state index is 12.8. The molecule has 0 amide bonds. The maximum atomic E-state index is 12.8. The van der Waals surface area contributed by atoms with Crippen LogP contribution in [0, 0.1) is 17.8 Å². The molecule has 0 bridgehead atoms. The van der Waals surface area contributed by atoms with E-state index in [0.717, 1.165) is 38.5 Å². The van der Waals surface area contributed by atoms with E-state index in [4.69, 9.17) is 4.74 Å². The van der Waals surface area contributed by atoms with Gasteiger partial charge in [0.1, 0.15) is 6.10 Å². The van der Waals surface area contributed by atoms with Crippen molar-refractivity contribution < 1.29 is 19.4 Å². The molecule has 0 spiro atoms. The van der Waals surface area contributed by atoms with Crippen LogP contribution in [0.5, 0.6) is 0 Å². The van der Waals surface area contributed by atoms with Gasteiger partial charge < -0.3 is 9.84 Å². The van der Waals surface area contributed by atoms with Crippen molar-refractivity contribution in [3.8, 4) is 0 Å². The number of hydrogen-bond donors (Lipinski definition) is 1. The fourth-order valence-electron chi connectivity index (χ4n) is 4.48. The summed E-state index contributed by atoms with van der Waals surface area (Å²) in [5.74, 6) is -1.40. The third-order valence-corrected chi connectivity index (χ3v) is 6.36. The molecule has 3 unspecified atom stereocenters. The summed E-state index contributed by atoms with van der Waals surface area (Å²) in [5, 5.41) is 9.47. The molecule has 4 nitrogen and oxygen atoms in total. The van der Waals surface area contributed by atoms with Gasteiger partial charge in [-0.1, -0.05) is 85.0 Å². The van der Waals surface area contributed by atoms with Crippen LogP contribution in [-0.2, 0) is 14.3 Å². The molecular weight excluding hydrogens is 364 g/mol. The predicted octanol–water partition coefficient (Wildman–Crippen LogP) is 7.15. The van der Waals surface area contributed by atoms with Crippen LogP contribution in [0.25, 0.3) is 0 Å². The third kappa shape index (κ3) is 11.6. The van der Waals surface area contributed by atoms with Crippen LogP contribution >= 0.6 is 0 Å². The van der Waals surface area contributed by atoms with Crippen LogP contribution in [0.1, 0.15) is 124 Å². The Morgan fingerprint density at radius 3 is 1.93 bits per heavy atom. The van der Waals surface area contributed by atoms with Gasteiger partial charge in [0.15, 0.2) is 0 Å². The summed E-state index contributed by atoms with van der Waals surface area (Å²) in [6, 6.07) is 0. The standard InChI is InChI=1S/C25H46O4/c1-4-5-6-7-8-9-10-16-21(17-12-11-15-20(2)3)29-25(28)23-19-14-13-18-22(23)24(26)27/h20-23H,4-19H2,1-3H3,(H,26,27). The number of rotatable bonds is 16. The Hall–Kier alpha value is -1.06. The highest BCUT2D eigenvalue weighted by atomic mass is 16.5. The number of carboxylic acids is 1. The van der Waals surface area contributed by atoms with Crippen molar-refractivity contribution in [3.05, 3.63) is 0 Å².